The number of likely N-dealkylation sites (N-methyl/N-ethyl adjacent to an activating group) is 1. The van der Waals surface area contributed by atoms with E-state index in [9.17, 15) is 13.5 Å². The summed E-state index contributed by atoms with van der Waals surface area (Å²) >= 11 is 0. The van der Waals surface area contributed by atoms with Crippen LogP contribution in [-0.2, 0) is 10.0 Å². The maximum Gasteiger partial charge on any atom is 0.266 e. The molecule has 0 spiro atoms. The lowest BCUT2D eigenvalue weighted by Crippen LogP contribution is -2.43. The molecule has 2 atom stereocenters. The van der Waals surface area contributed by atoms with Gasteiger partial charge in [-0.05, 0) is 49.4 Å². The number of hydrogen-bond acceptors (Lipinski definition) is 5. The summed E-state index contributed by atoms with van der Waals surface area (Å²) in [6.07, 6.45) is -1.28. The highest BCUT2D eigenvalue weighted by molar-refractivity contribution is 7.92. The molecule has 1 N–H and O–H groups in total. The van der Waals surface area contributed by atoms with E-state index >= 15 is 0 Å². The van der Waals surface area contributed by atoms with Gasteiger partial charge in [0.2, 0.25) is 0 Å². The van der Waals surface area contributed by atoms with Crippen molar-refractivity contribution in [1.82, 2.24) is 0 Å². The smallest absolute Gasteiger partial charge is 0.266 e. The van der Waals surface area contributed by atoms with Crippen molar-refractivity contribution in [2.45, 2.75) is 24.1 Å². The van der Waals surface area contributed by atoms with E-state index in [1.807, 2.05) is 55.3 Å². The van der Waals surface area contributed by atoms with E-state index in [-0.39, 0.29) is 4.90 Å². The van der Waals surface area contributed by atoms with Crippen molar-refractivity contribution in [3.63, 3.8) is 0 Å². The maximum absolute atomic E-state index is 13.4. The molecule has 156 valence electrons. The first kappa shape index (κ1) is 20.3. The number of aryl methyl sites for hydroxylation is 1. The predicted molar refractivity (Wildman–Crippen MR) is 117 cm³/mol. The number of sulfonamides is 1. The SMILES string of the molecule is COc1ccc(N(C)C2c3ccccc3N(S(=O)(=O)c3ccc(C)cc3)C2O)cc1. The molecule has 0 aromatic heterocycles. The van der Waals surface area contributed by atoms with Crippen molar-refractivity contribution < 1.29 is 18.3 Å². The van der Waals surface area contributed by atoms with Gasteiger partial charge in [-0.2, -0.15) is 0 Å². The van der Waals surface area contributed by atoms with Crippen LogP contribution in [0.15, 0.2) is 77.7 Å². The monoisotopic (exact) mass is 424 g/mol. The van der Waals surface area contributed by atoms with Crippen LogP contribution in [0.4, 0.5) is 11.4 Å². The molecule has 0 amide bonds. The molecule has 0 bridgehead atoms. The van der Waals surface area contributed by atoms with Crippen LogP contribution in [0, 0.1) is 6.92 Å². The molecular formula is C23H24N2O4S. The minimum Gasteiger partial charge on any atom is -0.497 e. The first-order chi connectivity index (χ1) is 14.3. The second kappa shape index (κ2) is 7.66. The molecular weight excluding hydrogens is 400 g/mol. The number of benzene rings is 3. The molecule has 1 heterocycles. The van der Waals surface area contributed by atoms with Crippen LogP contribution in [-0.4, -0.2) is 33.9 Å². The number of anilines is 2. The Hall–Kier alpha value is -3.03. The number of nitrogens with zero attached hydrogens (tertiary/aromatic N) is 2. The van der Waals surface area contributed by atoms with Crippen LogP contribution >= 0.6 is 0 Å². The normalized spacial score (nSPS) is 18.2. The van der Waals surface area contributed by atoms with Crippen LogP contribution in [0.1, 0.15) is 17.2 Å². The number of aliphatic hydroxyl groups excluding tert-OH is 1. The molecule has 1 aliphatic heterocycles. The van der Waals surface area contributed by atoms with E-state index in [1.54, 1.807) is 43.5 Å². The number of ether oxygens (including phenoxy) is 1. The number of para-hydroxylation sites is 1. The highest BCUT2D eigenvalue weighted by Crippen LogP contribution is 2.45. The molecule has 3 aromatic rings. The second-order valence-electron chi connectivity index (χ2n) is 7.34. The average molecular weight is 425 g/mol. The van der Waals surface area contributed by atoms with Gasteiger partial charge in [0.05, 0.1) is 17.7 Å². The van der Waals surface area contributed by atoms with E-state index in [1.165, 1.54) is 0 Å². The second-order valence-corrected chi connectivity index (χ2v) is 9.16. The number of methoxy groups -OCH3 is 1. The zero-order valence-electron chi connectivity index (χ0n) is 17.1. The largest absolute Gasteiger partial charge is 0.497 e. The lowest BCUT2D eigenvalue weighted by atomic mass is 10.1. The van der Waals surface area contributed by atoms with Crippen LogP contribution in [0.5, 0.6) is 5.75 Å². The molecule has 2 unspecified atom stereocenters. The number of hydrogen-bond donors (Lipinski definition) is 1. The van der Waals surface area contributed by atoms with E-state index < -0.39 is 22.3 Å². The summed E-state index contributed by atoms with van der Waals surface area (Å²) in [5.41, 5.74) is 3.03. The van der Waals surface area contributed by atoms with Crippen molar-refractivity contribution in [3.05, 3.63) is 83.9 Å². The quantitative estimate of drug-likeness (QED) is 0.676. The van der Waals surface area contributed by atoms with Crippen LogP contribution < -0.4 is 13.9 Å². The molecule has 6 nitrogen and oxygen atoms in total. The Kier molecular flexibility index (Phi) is 5.17. The highest BCUT2D eigenvalue weighted by Gasteiger charge is 2.45. The summed E-state index contributed by atoms with van der Waals surface area (Å²) in [5, 5.41) is 11.2. The van der Waals surface area contributed by atoms with E-state index in [0.717, 1.165) is 26.9 Å². The number of aliphatic hydroxyl groups is 1. The predicted octanol–water partition coefficient (Wildman–Crippen LogP) is 3.71. The van der Waals surface area contributed by atoms with Crippen LogP contribution in [0.25, 0.3) is 0 Å². The third-order valence-corrected chi connectivity index (χ3v) is 7.29. The molecule has 0 saturated heterocycles. The Morgan fingerprint density at radius 1 is 0.967 bits per heavy atom. The van der Waals surface area contributed by atoms with Crippen molar-refractivity contribution in [2.75, 3.05) is 23.4 Å². The molecule has 0 saturated carbocycles. The van der Waals surface area contributed by atoms with E-state index in [0.29, 0.717) is 5.69 Å². The van der Waals surface area contributed by atoms with Gasteiger partial charge >= 0.3 is 0 Å². The van der Waals surface area contributed by atoms with Gasteiger partial charge in [-0.3, -0.25) is 0 Å². The lowest BCUT2D eigenvalue weighted by Gasteiger charge is -2.32. The lowest BCUT2D eigenvalue weighted by molar-refractivity contribution is 0.164. The van der Waals surface area contributed by atoms with Crippen LogP contribution in [0.3, 0.4) is 0 Å². The topological polar surface area (TPSA) is 70.1 Å². The average Bonchev–Trinajstić information content (AvgIpc) is 3.06. The fourth-order valence-corrected chi connectivity index (χ4v) is 5.38. The van der Waals surface area contributed by atoms with Gasteiger partial charge in [0, 0.05) is 18.3 Å². The molecule has 1 aliphatic rings. The zero-order chi connectivity index (χ0) is 21.5. The molecule has 0 radical (unpaired) electrons. The Balaban J connectivity index is 1.77. The zero-order valence-corrected chi connectivity index (χ0v) is 17.9. The van der Waals surface area contributed by atoms with Gasteiger partial charge in [-0.25, -0.2) is 12.7 Å². The maximum atomic E-state index is 13.4. The Morgan fingerprint density at radius 2 is 1.60 bits per heavy atom. The molecule has 0 aliphatic carbocycles. The minimum absolute atomic E-state index is 0.148. The molecule has 0 fully saturated rings. The third-order valence-electron chi connectivity index (χ3n) is 5.49. The van der Waals surface area contributed by atoms with Gasteiger partial charge in [0.25, 0.3) is 10.0 Å². The van der Waals surface area contributed by atoms with Gasteiger partial charge in [0.15, 0.2) is 6.23 Å². The van der Waals surface area contributed by atoms with Gasteiger partial charge < -0.3 is 14.7 Å². The summed E-state index contributed by atoms with van der Waals surface area (Å²) in [5.74, 6) is 0.725. The van der Waals surface area contributed by atoms with E-state index in [2.05, 4.69) is 0 Å². The fourth-order valence-electron chi connectivity index (χ4n) is 3.85. The summed E-state index contributed by atoms with van der Waals surface area (Å²) < 4.78 is 33.2. The molecule has 30 heavy (non-hydrogen) atoms. The number of fused-ring (bicyclic) bond motifs is 1. The van der Waals surface area contributed by atoms with Crippen molar-refractivity contribution >= 4 is 21.4 Å². The first-order valence-corrected chi connectivity index (χ1v) is 11.0. The van der Waals surface area contributed by atoms with Gasteiger partial charge in [-0.1, -0.05) is 35.9 Å². The molecule has 7 heteroatoms. The third kappa shape index (κ3) is 3.30. The van der Waals surface area contributed by atoms with Gasteiger partial charge in [0.1, 0.15) is 11.8 Å². The Bertz CT molecular complexity index is 1140. The standard InChI is InChI=1S/C23H24N2O4S/c1-16-8-14-19(15-9-16)30(27,28)25-21-7-5-4-6-20(21)22(23(25)26)24(2)17-10-12-18(29-3)13-11-17/h4-15,22-23,26H,1-3H3. The van der Waals surface area contributed by atoms with Gasteiger partial charge in [-0.15, -0.1) is 0 Å². The summed E-state index contributed by atoms with van der Waals surface area (Å²) in [7, 11) is -0.498. The van der Waals surface area contributed by atoms with Crippen molar-refractivity contribution in [2.24, 2.45) is 0 Å². The minimum atomic E-state index is -3.94. The molecule has 3 aromatic carbocycles. The Morgan fingerprint density at radius 3 is 2.23 bits per heavy atom. The van der Waals surface area contributed by atoms with Crippen LogP contribution in [0.2, 0.25) is 0 Å². The Labute approximate surface area is 177 Å². The number of rotatable bonds is 5. The fraction of sp³-hybridized carbons (Fsp3) is 0.217. The van der Waals surface area contributed by atoms with Crippen molar-refractivity contribution in [1.29, 1.82) is 0 Å². The summed E-state index contributed by atoms with van der Waals surface area (Å²) in [6.45, 7) is 1.90. The summed E-state index contributed by atoms with van der Waals surface area (Å²) in [4.78, 5) is 2.03. The first-order valence-electron chi connectivity index (χ1n) is 9.59. The highest BCUT2D eigenvalue weighted by atomic mass is 32.2. The molecule has 4 rings (SSSR count). The van der Waals surface area contributed by atoms with E-state index in [4.69, 9.17) is 4.74 Å². The summed E-state index contributed by atoms with van der Waals surface area (Å²) in [6, 6.07) is 20.7. The van der Waals surface area contributed by atoms with Crippen molar-refractivity contribution in [3.8, 4) is 5.75 Å².